The Bertz CT molecular complexity index is 338. The van der Waals surface area contributed by atoms with E-state index in [9.17, 15) is 4.79 Å². The van der Waals surface area contributed by atoms with Crippen molar-refractivity contribution in [1.29, 1.82) is 0 Å². The van der Waals surface area contributed by atoms with E-state index in [0.29, 0.717) is 11.3 Å². The minimum absolute atomic E-state index is 0.0344. The third-order valence-electron chi connectivity index (χ3n) is 2.85. The Morgan fingerprint density at radius 3 is 3.00 bits per heavy atom. The Balaban J connectivity index is 2.13. The van der Waals surface area contributed by atoms with Gasteiger partial charge in [-0.2, -0.15) is 11.8 Å². The minimum Gasteiger partial charge on any atom is -0.319 e. The number of rotatable bonds is 0. The number of aromatic nitrogens is 2. The molecule has 0 aliphatic carbocycles. The van der Waals surface area contributed by atoms with Crippen LogP contribution in [0.4, 0.5) is 4.79 Å². The number of hydrogen-bond donors (Lipinski definition) is 0. The molecule has 2 unspecified atom stereocenters. The van der Waals surface area contributed by atoms with Crippen molar-refractivity contribution >= 4 is 17.8 Å². The number of nitrogens with zero attached hydrogens (tertiary/aromatic N) is 3. The lowest BCUT2D eigenvalue weighted by Crippen LogP contribution is -2.49. The zero-order chi connectivity index (χ0) is 10.8. The topological polar surface area (TPSA) is 38.1 Å². The highest BCUT2D eigenvalue weighted by Gasteiger charge is 2.29. The predicted molar refractivity (Wildman–Crippen MR) is 61.1 cm³/mol. The summed E-state index contributed by atoms with van der Waals surface area (Å²) in [6.07, 6.45) is 4.88. The number of carbonyl (C=O) groups excluding carboxylic acids is 1. The molecule has 2 rings (SSSR count). The van der Waals surface area contributed by atoms with Crippen molar-refractivity contribution in [1.82, 2.24) is 14.5 Å². The molecule has 1 fully saturated rings. The van der Waals surface area contributed by atoms with Gasteiger partial charge in [-0.3, -0.25) is 4.57 Å². The monoisotopic (exact) mass is 225 g/mol. The summed E-state index contributed by atoms with van der Waals surface area (Å²) < 4.78 is 1.54. The lowest BCUT2D eigenvalue weighted by molar-refractivity contribution is 0.182. The van der Waals surface area contributed by atoms with E-state index >= 15 is 0 Å². The summed E-state index contributed by atoms with van der Waals surface area (Å²) in [5.74, 6) is 1.02. The molecular weight excluding hydrogens is 210 g/mol. The van der Waals surface area contributed by atoms with Gasteiger partial charge in [0.05, 0.1) is 0 Å². The summed E-state index contributed by atoms with van der Waals surface area (Å²) in [5, 5.41) is 0.506. The highest BCUT2D eigenvalue weighted by atomic mass is 32.2. The summed E-state index contributed by atoms with van der Waals surface area (Å²) in [6.45, 7) is 5.10. The Kier molecular flexibility index (Phi) is 3.00. The molecule has 1 saturated heterocycles. The Labute approximate surface area is 93.7 Å². The van der Waals surface area contributed by atoms with Crippen molar-refractivity contribution in [3.63, 3.8) is 0 Å². The van der Waals surface area contributed by atoms with Gasteiger partial charge >= 0.3 is 6.03 Å². The number of imidazole rings is 1. The average molecular weight is 225 g/mol. The zero-order valence-electron chi connectivity index (χ0n) is 8.96. The second kappa shape index (κ2) is 4.26. The van der Waals surface area contributed by atoms with Crippen LogP contribution in [0.1, 0.15) is 13.8 Å². The Hall–Kier alpha value is -0.970. The van der Waals surface area contributed by atoms with Crippen LogP contribution < -0.4 is 0 Å². The molecule has 5 heteroatoms. The van der Waals surface area contributed by atoms with E-state index in [1.54, 1.807) is 23.3 Å². The molecule has 1 aromatic heterocycles. The third-order valence-corrected chi connectivity index (χ3v) is 4.19. The molecular formula is C10H15N3OS. The lowest BCUT2D eigenvalue weighted by atomic mass is 10.2. The molecule has 1 aromatic rings. The molecule has 0 bridgehead atoms. The van der Waals surface area contributed by atoms with Gasteiger partial charge in [-0.15, -0.1) is 0 Å². The predicted octanol–water partition coefficient (Wildman–Crippen LogP) is 1.68. The van der Waals surface area contributed by atoms with Gasteiger partial charge in [0.1, 0.15) is 6.33 Å². The quantitative estimate of drug-likeness (QED) is 0.674. The van der Waals surface area contributed by atoms with Gasteiger partial charge in [0.25, 0.3) is 0 Å². The van der Waals surface area contributed by atoms with Gasteiger partial charge < -0.3 is 4.90 Å². The van der Waals surface area contributed by atoms with Gasteiger partial charge in [0.2, 0.25) is 0 Å². The van der Waals surface area contributed by atoms with E-state index < -0.39 is 0 Å². The van der Waals surface area contributed by atoms with Crippen LogP contribution in [0.2, 0.25) is 0 Å². The molecule has 0 N–H and O–H groups in total. The van der Waals surface area contributed by atoms with Gasteiger partial charge in [-0.25, -0.2) is 9.78 Å². The first-order valence-electron chi connectivity index (χ1n) is 5.10. The molecule has 15 heavy (non-hydrogen) atoms. The largest absolute Gasteiger partial charge is 0.329 e. The fraction of sp³-hybridized carbons (Fsp3) is 0.600. The smallest absolute Gasteiger partial charge is 0.319 e. The molecule has 0 aromatic carbocycles. The van der Waals surface area contributed by atoms with Crippen molar-refractivity contribution in [3.8, 4) is 0 Å². The summed E-state index contributed by atoms with van der Waals surface area (Å²) in [7, 11) is 0. The number of thioether (sulfide) groups is 1. The summed E-state index contributed by atoms with van der Waals surface area (Å²) >= 11 is 1.93. The SMILES string of the molecule is CC1SCCN(C(=O)n2ccnc2)C1C. The second-order valence-corrected chi connectivity index (χ2v) is 5.25. The molecule has 1 aliphatic rings. The second-order valence-electron chi connectivity index (χ2n) is 3.76. The summed E-state index contributed by atoms with van der Waals surface area (Å²) in [5.41, 5.74) is 0. The van der Waals surface area contributed by atoms with Crippen LogP contribution in [0.5, 0.6) is 0 Å². The van der Waals surface area contributed by atoms with Crippen LogP contribution in [0, 0.1) is 0 Å². The molecule has 1 aliphatic heterocycles. The van der Waals surface area contributed by atoms with Gasteiger partial charge in [0.15, 0.2) is 0 Å². The van der Waals surface area contributed by atoms with E-state index in [1.165, 1.54) is 0 Å². The van der Waals surface area contributed by atoms with Crippen LogP contribution in [-0.2, 0) is 0 Å². The van der Waals surface area contributed by atoms with Crippen molar-refractivity contribution in [2.75, 3.05) is 12.3 Å². The van der Waals surface area contributed by atoms with Crippen LogP contribution in [0.25, 0.3) is 0 Å². The third kappa shape index (κ3) is 2.02. The molecule has 0 radical (unpaired) electrons. The van der Waals surface area contributed by atoms with Crippen molar-refractivity contribution < 1.29 is 4.79 Å². The maximum absolute atomic E-state index is 12.1. The number of carbonyl (C=O) groups is 1. The summed E-state index contributed by atoms with van der Waals surface area (Å²) in [6, 6.07) is 0.325. The molecule has 2 heterocycles. The first-order valence-corrected chi connectivity index (χ1v) is 6.15. The van der Waals surface area contributed by atoms with Crippen LogP contribution in [-0.4, -0.2) is 44.1 Å². The summed E-state index contributed by atoms with van der Waals surface area (Å²) in [4.78, 5) is 17.9. The van der Waals surface area contributed by atoms with Crippen LogP contribution in [0.3, 0.4) is 0 Å². The number of amides is 1. The maximum atomic E-state index is 12.1. The van der Waals surface area contributed by atoms with E-state index in [1.807, 2.05) is 16.7 Å². The maximum Gasteiger partial charge on any atom is 0.329 e. The van der Waals surface area contributed by atoms with Crippen LogP contribution in [0.15, 0.2) is 18.7 Å². The van der Waals surface area contributed by atoms with Gasteiger partial charge in [0, 0.05) is 36.0 Å². The molecule has 4 nitrogen and oxygen atoms in total. The normalized spacial score (nSPS) is 26.7. The van der Waals surface area contributed by atoms with Crippen LogP contribution >= 0.6 is 11.8 Å². The van der Waals surface area contributed by atoms with E-state index in [-0.39, 0.29) is 6.03 Å². The Morgan fingerprint density at radius 1 is 1.53 bits per heavy atom. The molecule has 82 valence electrons. The highest BCUT2D eigenvalue weighted by Crippen LogP contribution is 2.24. The van der Waals surface area contributed by atoms with E-state index in [0.717, 1.165) is 12.3 Å². The fourth-order valence-electron chi connectivity index (χ4n) is 1.72. The molecule has 1 amide bonds. The van der Waals surface area contributed by atoms with E-state index in [4.69, 9.17) is 0 Å². The van der Waals surface area contributed by atoms with Crippen molar-refractivity contribution in [2.24, 2.45) is 0 Å². The van der Waals surface area contributed by atoms with E-state index in [2.05, 4.69) is 18.8 Å². The van der Waals surface area contributed by atoms with Crippen molar-refractivity contribution in [3.05, 3.63) is 18.7 Å². The molecule has 0 saturated carbocycles. The molecule has 2 atom stereocenters. The Morgan fingerprint density at radius 2 is 2.33 bits per heavy atom. The lowest BCUT2D eigenvalue weighted by Gasteiger charge is -2.37. The van der Waals surface area contributed by atoms with Crippen molar-refractivity contribution in [2.45, 2.75) is 25.1 Å². The molecule has 0 spiro atoms. The zero-order valence-corrected chi connectivity index (χ0v) is 9.78. The van der Waals surface area contributed by atoms with Gasteiger partial charge in [-0.05, 0) is 6.92 Å². The minimum atomic E-state index is 0.0344. The first-order chi connectivity index (χ1) is 7.20. The first kappa shape index (κ1) is 10.5. The fourth-order valence-corrected chi connectivity index (χ4v) is 2.82. The average Bonchev–Trinajstić information content (AvgIpc) is 2.74. The highest BCUT2D eigenvalue weighted by molar-refractivity contribution is 8.00. The van der Waals surface area contributed by atoms with Gasteiger partial charge in [-0.1, -0.05) is 6.92 Å². The standard InChI is InChI=1S/C10H15N3OS/c1-8-9(2)15-6-5-13(8)10(14)12-4-3-11-7-12/h3-4,7-9H,5-6H2,1-2H3. The number of hydrogen-bond acceptors (Lipinski definition) is 3.